The van der Waals surface area contributed by atoms with Crippen LogP contribution in [-0.2, 0) is 23.9 Å². The van der Waals surface area contributed by atoms with Crippen molar-refractivity contribution in [3.05, 3.63) is 35.5 Å². The van der Waals surface area contributed by atoms with Crippen LogP contribution in [0.25, 0.3) is 0 Å². The maximum absolute atomic E-state index is 13.0. The topological polar surface area (TPSA) is 130 Å². The first-order valence-electron chi connectivity index (χ1n) is 12.3. The van der Waals surface area contributed by atoms with E-state index in [1.54, 1.807) is 59.8 Å². The van der Waals surface area contributed by atoms with Gasteiger partial charge in [-0.25, -0.2) is 4.79 Å². The van der Waals surface area contributed by atoms with E-state index < -0.39 is 76.3 Å². The van der Waals surface area contributed by atoms with Gasteiger partial charge in [-0.3, -0.25) is 9.59 Å². The number of fused-ring (bicyclic) bond motifs is 5. The fraction of sp³-hybridized carbons (Fsp3) is 0.667. The average molecular weight is 489 g/mol. The Morgan fingerprint density at radius 1 is 1.23 bits per heavy atom. The number of allylic oxidation sites excluding steroid dienone is 1. The van der Waals surface area contributed by atoms with Gasteiger partial charge in [0.2, 0.25) is 0 Å². The lowest BCUT2D eigenvalue weighted by atomic mass is 9.60. The van der Waals surface area contributed by atoms with E-state index in [2.05, 4.69) is 0 Å². The van der Waals surface area contributed by atoms with Crippen LogP contribution < -0.4 is 0 Å². The Balaban J connectivity index is 1.89. The van der Waals surface area contributed by atoms with Crippen molar-refractivity contribution >= 4 is 17.7 Å². The number of hydrogen-bond donors (Lipinski definition) is 3. The quantitative estimate of drug-likeness (QED) is 0.304. The van der Waals surface area contributed by atoms with Crippen molar-refractivity contribution in [2.45, 2.75) is 76.8 Å². The Hall–Kier alpha value is -2.29. The van der Waals surface area contributed by atoms with Crippen molar-refractivity contribution in [2.24, 2.45) is 29.6 Å². The van der Waals surface area contributed by atoms with Crippen LogP contribution in [-0.4, -0.2) is 62.1 Å². The summed E-state index contributed by atoms with van der Waals surface area (Å²) in [6.45, 7) is 9.82. The minimum absolute atomic E-state index is 0.118. The van der Waals surface area contributed by atoms with E-state index in [0.29, 0.717) is 11.1 Å². The minimum atomic E-state index is -1.89. The van der Waals surface area contributed by atoms with Crippen molar-refractivity contribution < 1.29 is 39.2 Å². The Kier molecular flexibility index (Phi) is 5.98. The second kappa shape index (κ2) is 8.11. The van der Waals surface area contributed by atoms with Gasteiger partial charge in [0.1, 0.15) is 5.60 Å². The van der Waals surface area contributed by atoms with Gasteiger partial charge in [0.15, 0.2) is 17.0 Å². The normalized spacial score (nSPS) is 44.1. The molecule has 35 heavy (non-hydrogen) atoms. The molecular formula is C27H36O8. The number of aliphatic hydroxyl groups is 3. The molecule has 1 unspecified atom stereocenters. The summed E-state index contributed by atoms with van der Waals surface area (Å²) in [5, 5.41) is 34.1. The summed E-state index contributed by atoms with van der Waals surface area (Å²) < 4.78 is 12.0. The molecule has 0 heterocycles. The molecule has 4 rings (SSSR count). The van der Waals surface area contributed by atoms with Crippen molar-refractivity contribution in [1.29, 1.82) is 0 Å². The van der Waals surface area contributed by atoms with Gasteiger partial charge in [0.25, 0.3) is 0 Å². The number of esters is 2. The molecule has 0 spiro atoms. The van der Waals surface area contributed by atoms with Crippen LogP contribution in [0.5, 0.6) is 0 Å². The van der Waals surface area contributed by atoms with E-state index in [1.165, 1.54) is 6.08 Å². The molecule has 2 saturated carbocycles. The molecule has 8 nitrogen and oxygen atoms in total. The van der Waals surface area contributed by atoms with Crippen LogP contribution in [0.2, 0.25) is 0 Å². The van der Waals surface area contributed by atoms with Gasteiger partial charge in [0, 0.05) is 24.3 Å². The number of ether oxygens (including phenoxy) is 2. The van der Waals surface area contributed by atoms with Crippen LogP contribution in [0.1, 0.15) is 54.4 Å². The zero-order valence-corrected chi connectivity index (χ0v) is 21.2. The van der Waals surface area contributed by atoms with Crippen LogP contribution in [0, 0.1) is 29.6 Å². The van der Waals surface area contributed by atoms with Gasteiger partial charge in [-0.15, -0.1) is 0 Å². The van der Waals surface area contributed by atoms with E-state index in [9.17, 15) is 29.7 Å². The molecule has 3 N–H and O–H groups in total. The lowest BCUT2D eigenvalue weighted by molar-refractivity contribution is -0.189. The molecule has 2 fully saturated rings. The number of aliphatic hydroxyl groups excluding tert-OH is 1. The standard InChI is InChI=1S/C27H36O8/c1-7-8-20(29)34-24(6)21-18-10-17(13-28)12-25(32)19(9-15(4)22(25)30)27(18,33)16(5)11-26(21,24)35-23(31)14(2)3/h7-10,14,16,18-19,21,28,32-33H,11-13H2,1-6H3/b8-7+/t16-,18+,19-,21+,24?,25-,26+,27-/m1/s1. The first-order valence-corrected chi connectivity index (χ1v) is 12.3. The second-order valence-electron chi connectivity index (χ2n) is 11.2. The number of Topliss-reactive ketones (excluding diaryl/α,β-unsaturated/α-hetero) is 1. The Morgan fingerprint density at radius 3 is 2.46 bits per heavy atom. The van der Waals surface area contributed by atoms with Crippen LogP contribution >= 0.6 is 0 Å². The Bertz CT molecular complexity index is 1060. The highest BCUT2D eigenvalue weighted by molar-refractivity contribution is 6.04. The SMILES string of the molecule is C/C=C/C(=O)OC1(C)[C@@H]2[C@@H]3C=C(CO)C[C@]4(O)C(=O)C(C)=C[C@H]4[C@@]3(O)[C@H](C)C[C@]21OC(=O)C(C)C. The third kappa shape index (κ3) is 3.33. The van der Waals surface area contributed by atoms with Crippen molar-refractivity contribution in [2.75, 3.05) is 6.61 Å². The number of ketones is 1. The zero-order chi connectivity index (χ0) is 26.1. The summed E-state index contributed by atoms with van der Waals surface area (Å²) in [6.07, 6.45) is 6.21. The van der Waals surface area contributed by atoms with Gasteiger partial charge < -0.3 is 24.8 Å². The highest BCUT2D eigenvalue weighted by Gasteiger charge is 2.87. The molecule has 0 bridgehead atoms. The van der Waals surface area contributed by atoms with E-state index in [-0.39, 0.29) is 12.8 Å². The first-order chi connectivity index (χ1) is 16.2. The highest BCUT2D eigenvalue weighted by atomic mass is 16.6. The minimum Gasteiger partial charge on any atom is -0.454 e. The highest BCUT2D eigenvalue weighted by Crippen LogP contribution is 2.73. The molecule has 4 aliphatic carbocycles. The lowest BCUT2D eigenvalue weighted by Gasteiger charge is -2.50. The maximum Gasteiger partial charge on any atom is 0.331 e. The molecule has 0 aliphatic heterocycles. The van der Waals surface area contributed by atoms with Gasteiger partial charge in [-0.1, -0.05) is 39.0 Å². The summed E-state index contributed by atoms with van der Waals surface area (Å²) in [5.41, 5.74) is -5.18. The predicted octanol–water partition coefficient (Wildman–Crippen LogP) is 2.02. The molecule has 0 amide bonds. The van der Waals surface area contributed by atoms with E-state index in [0.717, 1.165) is 0 Å². The van der Waals surface area contributed by atoms with Crippen molar-refractivity contribution in [1.82, 2.24) is 0 Å². The first kappa shape index (κ1) is 25.8. The Labute approximate surface area is 205 Å². The molecule has 192 valence electrons. The molecule has 0 aromatic carbocycles. The summed E-state index contributed by atoms with van der Waals surface area (Å²) in [4.78, 5) is 38.4. The Morgan fingerprint density at radius 2 is 1.89 bits per heavy atom. The monoisotopic (exact) mass is 488 g/mol. The summed E-state index contributed by atoms with van der Waals surface area (Å²) in [6, 6.07) is 0. The number of carbonyl (C=O) groups excluding carboxylic acids is 3. The van der Waals surface area contributed by atoms with Crippen molar-refractivity contribution in [3.8, 4) is 0 Å². The fourth-order valence-corrected chi connectivity index (χ4v) is 7.04. The van der Waals surface area contributed by atoms with Gasteiger partial charge in [-0.05, 0) is 44.3 Å². The zero-order valence-electron chi connectivity index (χ0n) is 21.2. The molecule has 0 radical (unpaired) electrons. The maximum atomic E-state index is 13.0. The molecule has 8 heteroatoms. The third-order valence-corrected chi connectivity index (χ3v) is 8.81. The molecule has 0 aromatic heterocycles. The number of carbonyl (C=O) groups is 3. The molecule has 4 aliphatic rings. The van der Waals surface area contributed by atoms with E-state index in [1.807, 2.05) is 0 Å². The lowest BCUT2D eigenvalue weighted by Crippen LogP contribution is -2.61. The van der Waals surface area contributed by atoms with E-state index >= 15 is 0 Å². The third-order valence-electron chi connectivity index (χ3n) is 8.81. The van der Waals surface area contributed by atoms with Crippen LogP contribution in [0.15, 0.2) is 35.5 Å². The summed E-state index contributed by atoms with van der Waals surface area (Å²) in [5.74, 6) is -4.80. The van der Waals surface area contributed by atoms with Gasteiger partial charge in [0.05, 0.1) is 24.0 Å². The average Bonchev–Trinajstić information content (AvgIpc) is 3.20. The van der Waals surface area contributed by atoms with Gasteiger partial charge in [-0.2, -0.15) is 0 Å². The molecule has 0 saturated heterocycles. The molecule has 8 atom stereocenters. The largest absolute Gasteiger partial charge is 0.454 e. The van der Waals surface area contributed by atoms with Crippen LogP contribution in [0.4, 0.5) is 0 Å². The smallest absolute Gasteiger partial charge is 0.331 e. The second-order valence-corrected chi connectivity index (χ2v) is 11.2. The molecular weight excluding hydrogens is 452 g/mol. The fourth-order valence-electron chi connectivity index (χ4n) is 7.04. The number of rotatable bonds is 5. The van der Waals surface area contributed by atoms with Gasteiger partial charge >= 0.3 is 11.9 Å². The van der Waals surface area contributed by atoms with E-state index in [4.69, 9.17) is 9.47 Å². The summed E-state index contributed by atoms with van der Waals surface area (Å²) in [7, 11) is 0. The van der Waals surface area contributed by atoms with Crippen LogP contribution in [0.3, 0.4) is 0 Å². The van der Waals surface area contributed by atoms with Crippen molar-refractivity contribution in [3.63, 3.8) is 0 Å². The molecule has 0 aromatic rings. The summed E-state index contributed by atoms with van der Waals surface area (Å²) >= 11 is 0. The predicted molar refractivity (Wildman–Crippen MR) is 126 cm³/mol. The number of hydrogen-bond acceptors (Lipinski definition) is 8.